The van der Waals surface area contributed by atoms with E-state index in [-0.39, 0.29) is 30.0 Å². The Morgan fingerprint density at radius 2 is 1.95 bits per heavy atom. The van der Waals surface area contributed by atoms with Crippen molar-refractivity contribution < 1.29 is 27.9 Å². The van der Waals surface area contributed by atoms with Gasteiger partial charge in [0.05, 0.1) is 37.3 Å². The molecule has 13 heteroatoms. The number of esters is 1. The Balaban J connectivity index is 1.47. The maximum Gasteiger partial charge on any atom is 0.322 e. The van der Waals surface area contributed by atoms with E-state index in [1.54, 1.807) is 35.3 Å². The molecule has 41 heavy (non-hydrogen) atoms. The summed E-state index contributed by atoms with van der Waals surface area (Å²) < 4.78 is 36.7. The van der Waals surface area contributed by atoms with E-state index < -0.39 is 36.2 Å². The van der Waals surface area contributed by atoms with Crippen LogP contribution in [0.5, 0.6) is 0 Å². The molecule has 2 amide bonds. The lowest BCUT2D eigenvalue weighted by Gasteiger charge is -2.37. The maximum absolute atomic E-state index is 14.4. The van der Waals surface area contributed by atoms with Crippen molar-refractivity contribution in [2.24, 2.45) is 11.3 Å². The van der Waals surface area contributed by atoms with Gasteiger partial charge in [0, 0.05) is 25.6 Å². The number of methoxy groups -OCH3 is 1. The van der Waals surface area contributed by atoms with Crippen molar-refractivity contribution in [1.29, 1.82) is 0 Å². The Morgan fingerprint density at radius 3 is 2.66 bits per heavy atom. The van der Waals surface area contributed by atoms with Gasteiger partial charge in [0.25, 0.3) is 11.8 Å². The van der Waals surface area contributed by atoms with Gasteiger partial charge in [0.1, 0.15) is 5.69 Å². The van der Waals surface area contributed by atoms with Gasteiger partial charge in [-0.3, -0.25) is 19.1 Å². The average molecular weight is 572 g/mol. The van der Waals surface area contributed by atoms with Crippen molar-refractivity contribution in [3.05, 3.63) is 47.7 Å². The van der Waals surface area contributed by atoms with Crippen LogP contribution in [-0.2, 0) is 27.3 Å². The molecule has 4 heterocycles. The summed E-state index contributed by atoms with van der Waals surface area (Å²) in [7, 11) is 1.07. The number of hydrogen-bond acceptors (Lipinski definition) is 7. The fourth-order valence-electron chi connectivity index (χ4n) is 6.10. The highest BCUT2D eigenvalue weighted by Gasteiger charge is 2.57. The number of aryl methyl sites for hydroxylation is 1. The molecule has 0 radical (unpaired) electrons. The number of aromatic nitrogens is 5. The molecule has 2 aliphatic rings. The Bertz CT molecular complexity index is 1420. The van der Waals surface area contributed by atoms with E-state index in [9.17, 15) is 23.2 Å². The number of ether oxygens (including phenoxy) is 1. The highest BCUT2D eigenvalue weighted by atomic mass is 19.3. The molecule has 2 N–H and O–H groups in total. The molecular weight excluding hydrogens is 536 g/mol. The zero-order valence-electron chi connectivity index (χ0n) is 23.2. The second-order valence-corrected chi connectivity index (χ2v) is 11.0. The lowest BCUT2D eigenvalue weighted by atomic mass is 9.74. The summed E-state index contributed by atoms with van der Waals surface area (Å²) in [6.45, 7) is 1.64. The fraction of sp³-hybridized carbons (Fsp3) is 0.571. The maximum atomic E-state index is 14.4. The Hall–Kier alpha value is -3.90. The molecule has 2 fully saturated rings. The predicted octanol–water partition coefficient (Wildman–Crippen LogP) is 3.24. The van der Waals surface area contributed by atoms with Crippen molar-refractivity contribution in [2.75, 3.05) is 13.7 Å². The molecule has 1 saturated carbocycles. The van der Waals surface area contributed by atoms with Crippen molar-refractivity contribution in [3.8, 4) is 0 Å². The number of carbonyl (C=O) groups is 3. The second-order valence-electron chi connectivity index (χ2n) is 11.0. The van der Waals surface area contributed by atoms with Crippen molar-refractivity contribution in [3.63, 3.8) is 0 Å². The van der Waals surface area contributed by atoms with Gasteiger partial charge >= 0.3 is 5.97 Å². The van der Waals surface area contributed by atoms with Gasteiger partial charge in [-0.15, -0.1) is 0 Å². The van der Waals surface area contributed by atoms with Gasteiger partial charge in [0.15, 0.2) is 11.1 Å². The van der Waals surface area contributed by atoms with Crippen LogP contribution in [0.2, 0.25) is 0 Å². The number of alkyl halides is 2. The minimum Gasteiger partial charge on any atom is -0.468 e. The van der Waals surface area contributed by atoms with Crippen LogP contribution >= 0.6 is 0 Å². The normalized spacial score (nSPS) is 22.1. The fourth-order valence-corrected chi connectivity index (χ4v) is 6.10. The Labute approximate surface area is 236 Å². The number of hydrogen-bond donors (Lipinski definition) is 2. The number of amides is 2. The predicted molar refractivity (Wildman–Crippen MR) is 143 cm³/mol. The van der Waals surface area contributed by atoms with Crippen molar-refractivity contribution in [1.82, 2.24) is 35.0 Å². The quantitative estimate of drug-likeness (QED) is 0.241. The van der Waals surface area contributed by atoms with Crippen molar-refractivity contribution in [2.45, 2.75) is 76.8 Å². The summed E-state index contributed by atoms with van der Waals surface area (Å²) in [5.74, 6) is -5.20. The first kappa shape index (κ1) is 28.6. The summed E-state index contributed by atoms with van der Waals surface area (Å²) in [5, 5.41) is 14.1. The van der Waals surface area contributed by atoms with Gasteiger partial charge in [0.2, 0.25) is 5.91 Å². The third-order valence-electron chi connectivity index (χ3n) is 8.18. The smallest absolute Gasteiger partial charge is 0.322 e. The molecular formula is C28H35F2N7O4. The summed E-state index contributed by atoms with van der Waals surface area (Å²) in [6.07, 6.45) is 8.25. The number of carbonyl (C=O) groups excluding carboxylic acids is 3. The number of nitrogens with one attached hydrogen (secondary N) is 2. The minimum absolute atomic E-state index is 0.166. The van der Waals surface area contributed by atoms with Gasteiger partial charge in [-0.05, 0) is 43.9 Å². The summed E-state index contributed by atoms with van der Waals surface area (Å²) >= 11 is 0. The van der Waals surface area contributed by atoms with Crippen LogP contribution in [0.4, 0.5) is 8.78 Å². The van der Waals surface area contributed by atoms with Gasteiger partial charge in [-0.2, -0.15) is 10.2 Å². The third-order valence-corrected chi connectivity index (χ3v) is 8.18. The van der Waals surface area contributed by atoms with Gasteiger partial charge in [-0.1, -0.05) is 25.7 Å². The molecule has 1 saturated heterocycles. The summed E-state index contributed by atoms with van der Waals surface area (Å²) in [5.41, 5.74) is -0.282. The first-order valence-electron chi connectivity index (χ1n) is 14.1. The minimum atomic E-state index is -3.27. The van der Waals surface area contributed by atoms with Crippen LogP contribution in [0.15, 0.2) is 30.6 Å². The molecule has 3 aromatic rings. The van der Waals surface area contributed by atoms with Crippen LogP contribution in [0.1, 0.15) is 79.8 Å². The van der Waals surface area contributed by atoms with E-state index >= 15 is 0 Å². The molecule has 1 aliphatic carbocycles. The lowest BCUT2D eigenvalue weighted by molar-refractivity contribution is -0.172. The number of halogens is 2. The highest BCUT2D eigenvalue weighted by Crippen LogP contribution is 2.40. The van der Waals surface area contributed by atoms with E-state index in [0.29, 0.717) is 23.6 Å². The largest absolute Gasteiger partial charge is 0.468 e. The van der Waals surface area contributed by atoms with Crippen LogP contribution < -0.4 is 10.6 Å². The van der Waals surface area contributed by atoms with Crippen LogP contribution in [0, 0.1) is 11.3 Å². The van der Waals surface area contributed by atoms with Crippen LogP contribution in [0.3, 0.4) is 0 Å². The van der Waals surface area contributed by atoms with E-state index in [1.165, 1.54) is 4.52 Å². The molecule has 0 unspecified atom stereocenters. The van der Waals surface area contributed by atoms with Crippen LogP contribution in [0.25, 0.3) is 5.65 Å². The Kier molecular flexibility index (Phi) is 8.05. The summed E-state index contributed by atoms with van der Waals surface area (Å²) in [6, 6.07) is 4.53. The number of imidazole rings is 1. The first-order chi connectivity index (χ1) is 19.7. The molecule has 2 atom stereocenters. The Morgan fingerprint density at radius 1 is 1.20 bits per heavy atom. The number of rotatable bonds is 8. The number of fused-ring (bicyclic) bond motifs is 1. The van der Waals surface area contributed by atoms with E-state index in [2.05, 4.69) is 20.8 Å². The molecule has 0 spiro atoms. The average Bonchev–Trinajstić information content (AvgIpc) is 3.52. The zero-order valence-corrected chi connectivity index (χ0v) is 23.2. The standard InChI is InChI=1S/C28H35F2N7O4/c1-3-36-21(12-13-32-36)24(38)34-23(18-8-6-4-5-7-9-18)20-15-37-22(33-20)11-10-19(35-37)14-27(26(40)41-2)16-28(29,30)17-31-25(27)39/h10-13,15,18,23H,3-9,14,16-17H2,1-2H3,(H,31,39)(H,34,38)/t23-,27-/m0/s1. The third kappa shape index (κ3) is 5.80. The number of piperidine rings is 1. The molecule has 5 rings (SSSR count). The topological polar surface area (TPSA) is 133 Å². The molecule has 220 valence electrons. The van der Waals surface area contributed by atoms with E-state index in [4.69, 9.17) is 9.72 Å². The molecule has 3 aromatic heterocycles. The highest BCUT2D eigenvalue weighted by molar-refractivity contribution is 6.03. The lowest BCUT2D eigenvalue weighted by Crippen LogP contribution is -2.59. The SMILES string of the molecule is CCn1nccc1C(=O)N[C@H](c1cn2nc(C[C@]3(C(=O)OC)CC(F)(F)CNC3=O)ccc2n1)C1CCCCCC1. The van der Waals surface area contributed by atoms with Crippen molar-refractivity contribution >= 4 is 23.4 Å². The van der Waals surface area contributed by atoms with Gasteiger partial charge in [-0.25, -0.2) is 18.3 Å². The van der Waals surface area contributed by atoms with E-state index in [1.807, 2.05) is 6.92 Å². The molecule has 11 nitrogen and oxygen atoms in total. The van der Waals surface area contributed by atoms with Gasteiger partial charge < -0.3 is 15.4 Å². The summed E-state index contributed by atoms with van der Waals surface area (Å²) in [4.78, 5) is 43.6. The monoisotopic (exact) mass is 571 g/mol. The van der Waals surface area contributed by atoms with Crippen LogP contribution in [-0.4, -0.2) is 61.7 Å². The number of nitrogens with zero attached hydrogens (tertiary/aromatic N) is 5. The molecule has 0 bridgehead atoms. The first-order valence-corrected chi connectivity index (χ1v) is 14.1. The molecule has 1 aliphatic heterocycles. The van der Waals surface area contributed by atoms with E-state index in [0.717, 1.165) is 45.6 Å². The molecule has 0 aromatic carbocycles. The zero-order chi connectivity index (χ0) is 29.2. The second kappa shape index (κ2) is 11.5.